The van der Waals surface area contributed by atoms with Gasteiger partial charge in [-0.05, 0) is 31.2 Å². The molecule has 150 valence electrons. The Bertz CT molecular complexity index is 1000. The number of nitrogens with two attached hydrogens (primary N) is 1. The van der Waals surface area contributed by atoms with Gasteiger partial charge in [-0.1, -0.05) is 0 Å². The second-order valence-electron chi connectivity index (χ2n) is 6.84. The van der Waals surface area contributed by atoms with Crippen LogP contribution in [0.5, 0.6) is 5.88 Å². The van der Waals surface area contributed by atoms with Crippen molar-refractivity contribution in [2.24, 2.45) is 5.73 Å². The smallest absolute Gasteiger partial charge is 0.404 e. The van der Waals surface area contributed by atoms with Crippen LogP contribution < -0.4 is 15.4 Å². The summed E-state index contributed by atoms with van der Waals surface area (Å²) in [6, 6.07) is 9.74. The van der Waals surface area contributed by atoms with Crippen LogP contribution in [0.15, 0.2) is 42.7 Å². The zero-order valence-electron chi connectivity index (χ0n) is 16.2. The summed E-state index contributed by atoms with van der Waals surface area (Å²) < 4.78 is 10.7. The van der Waals surface area contributed by atoms with Gasteiger partial charge in [0.25, 0.3) is 0 Å². The van der Waals surface area contributed by atoms with Crippen molar-refractivity contribution in [2.45, 2.75) is 25.9 Å². The number of nitrogens with zero attached hydrogens (tertiary/aromatic N) is 4. The molecule has 1 aliphatic heterocycles. The van der Waals surface area contributed by atoms with Crippen molar-refractivity contribution in [3.05, 3.63) is 42.7 Å². The van der Waals surface area contributed by atoms with Gasteiger partial charge in [-0.3, -0.25) is 4.98 Å². The molecule has 8 heteroatoms. The second kappa shape index (κ2) is 8.30. The Morgan fingerprint density at radius 3 is 2.76 bits per heavy atom. The predicted molar refractivity (Wildman–Crippen MR) is 110 cm³/mol. The SMILES string of the molecule is CCOc1cc2ncccc2c(-c2ccc(N3CCC(OC(N)=O)CC3)nc2)n1. The van der Waals surface area contributed by atoms with Crippen LogP contribution in [0.3, 0.4) is 0 Å². The van der Waals surface area contributed by atoms with E-state index < -0.39 is 6.09 Å². The fourth-order valence-corrected chi connectivity index (χ4v) is 3.57. The first kappa shape index (κ1) is 18.9. The Morgan fingerprint density at radius 2 is 2.07 bits per heavy atom. The van der Waals surface area contributed by atoms with E-state index in [0.717, 1.165) is 53.9 Å². The van der Waals surface area contributed by atoms with Crippen molar-refractivity contribution < 1.29 is 14.3 Å². The van der Waals surface area contributed by atoms with Gasteiger partial charge in [0.15, 0.2) is 0 Å². The van der Waals surface area contributed by atoms with Gasteiger partial charge in [0.05, 0.1) is 17.8 Å². The highest BCUT2D eigenvalue weighted by Crippen LogP contribution is 2.30. The fraction of sp³-hybridized carbons (Fsp3) is 0.333. The molecule has 4 heterocycles. The van der Waals surface area contributed by atoms with E-state index in [4.69, 9.17) is 15.2 Å². The van der Waals surface area contributed by atoms with Crippen molar-refractivity contribution in [1.82, 2.24) is 15.0 Å². The van der Waals surface area contributed by atoms with Crippen LogP contribution in [0, 0.1) is 0 Å². The normalized spacial score (nSPS) is 14.7. The average molecular weight is 393 g/mol. The van der Waals surface area contributed by atoms with Crippen LogP contribution in [0.1, 0.15) is 19.8 Å². The molecule has 3 aromatic rings. The first-order valence-electron chi connectivity index (χ1n) is 9.70. The number of ether oxygens (including phenoxy) is 2. The van der Waals surface area contributed by atoms with Gasteiger partial charge < -0.3 is 20.1 Å². The Kier molecular flexibility index (Phi) is 5.41. The van der Waals surface area contributed by atoms with Gasteiger partial charge >= 0.3 is 6.09 Å². The molecule has 0 unspecified atom stereocenters. The molecule has 0 saturated carbocycles. The fourth-order valence-electron chi connectivity index (χ4n) is 3.57. The monoisotopic (exact) mass is 393 g/mol. The summed E-state index contributed by atoms with van der Waals surface area (Å²) in [7, 11) is 0. The largest absolute Gasteiger partial charge is 0.478 e. The minimum absolute atomic E-state index is 0.118. The van der Waals surface area contributed by atoms with E-state index in [1.54, 1.807) is 6.20 Å². The molecule has 1 saturated heterocycles. The molecule has 0 aliphatic carbocycles. The maximum atomic E-state index is 10.9. The zero-order valence-corrected chi connectivity index (χ0v) is 16.2. The van der Waals surface area contributed by atoms with Crippen LogP contribution in [0.25, 0.3) is 22.2 Å². The number of primary amides is 1. The molecule has 1 aliphatic rings. The molecule has 0 aromatic carbocycles. The number of amides is 1. The Hall–Kier alpha value is -3.42. The zero-order chi connectivity index (χ0) is 20.2. The van der Waals surface area contributed by atoms with Gasteiger partial charge in [0, 0.05) is 55.3 Å². The number of hydrogen-bond acceptors (Lipinski definition) is 7. The summed E-state index contributed by atoms with van der Waals surface area (Å²) in [6.07, 6.45) is 4.23. The van der Waals surface area contributed by atoms with Crippen molar-refractivity contribution >= 4 is 22.8 Å². The van der Waals surface area contributed by atoms with Gasteiger partial charge in [-0.15, -0.1) is 0 Å². The van der Waals surface area contributed by atoms with Crippen molar-refractivity contribution in [3.63, 3.8) is 0 Å². The third-order valence-corrected chi connectivity index (χ3v) is 4.94. The molecule has 2 N–H and O–H groups in total. The number of fused-ring (bicyclic) bond motifs is 1. The summed E-state index contributed by atoms with van der Waals surface area (Å²) in [6.45, 7) is 3.99. The highest BCUT2D eigenvalue weighted by Gasteiger charge is 2.22. The number of piperidine rings is 1. The molecular weight excluding hydrogens is 370 g/mol. The lowest BCUT2D eigenvalue weighted by Gasteiger charge is -2.32. The van der Waals surface area contributed by atoms with Gasteiger partial charge in [-0.25, -0.2) is 14.8 Å². The first-order valence-corrected chi connectivity index (χ1v) is 9.70. The first-order chi connectivity index (χ1) is 14.1. The quantitative estimate of drug-likeness (QED) is 0.710. The van der Waals surface area contributed by atoms with Gasteiger partial charge in [0.1, 0.15) is 11.9 Å². The lowest BCUT2D eigenvalue weighted by atomic mass is 10.1. The van der Waals surface area contributed by atoms with E-state index in [0.29, 0.717) is 12.5 Å². The molecule has 1 fully saturated rings. The number of aromatic nitrogens is 3. The van der Waals surface area contributed by atoms with Crippen LogP contribution in [0.4, 0.5) is 10.6 Å². The lowest BCUT2D eigenvalue weighted by molar-refractivity contribution is 0.0911. The molecule has 0 radical (unpaired) electrons. The molecule has 0 atom stereocenters. The summed E-state index contributed by atoms with van der Waals surface area (Å²) in [5.74, 6) is 1.43. The number of anilines is 1. The highest BCUT2D eigenvalue weighted by molar-refractivity contribution is 5.92. The minimum Gasteiger partial charge on any atom is -0.478 e. The Balaban J connectivity index is 1.56. The number of carbonyl (C=O) groups excluding carboxylic acids is 1. The summed E-state index contributed by atoms with van der Waals surface area (Å²) in [5.41, 5.74) is 7.64. The molecular formula is C21H23N5O3. The molecule has 3 aromatic heterocycles. The standard InChI is InChI=1S/C21H23N5O3/c1-2-28-19-12-17-16(4-3-9-23-17)20(25-19)14-5-6-18(24-13-14)26-10-7-15(8-11-26)29-21(22)27/h3-6,9,12-13,15H,2,7-8,10-11H2,1H3,(H2,22,27). The lowest BCUT2D eigenvalue weighted by Crippen LogP contribution is -2.39. The van der Waals surface area contributed by atoms with Gasteiger partial charge in [-0.2, -0.15) is 0 Å². The summed E-state index contributed by atoms with van der Waals surface area (Å²) in [4.78, 5) is 26.8. The highest BCUT2D eigenvalue weighted by atomic mass is 16.6. The topological polar surface area (TPSA) is 103 Å². The maximum Gasteiger partial charge on any atom is 0.404 e. The van der Waals surface area contributed by atoms with E-state index in [-0.39, 0.29) is 6.10 Å². The van der Waals surface area contributed by atoms with Crippen LogP contribution in [-0.4, -0.2) is 46.8 Å². The third-order valence-electron chi connectivity index (χ3n) is 4.94. The average Bonchev–Trinajstić information content (AvgIpc) is 2.74. The number of pyridine rings is 3. The Morgan fingerprint density at radius 1 is 1.24 bits per heavy atom. The molecule has 29 heavy (non-hydrogen) atoms. The Labute approximate surface area is 168 Å². The number of rotatable bonds is 5. The van der Waals surface area contributed by atoms with Crippen LogP contribution in [-0.2, 0) is 4.74 Å². The van der Waals surface area contributed by atoms with Crippen molar-refractivity contribution in [1.29, 1.82) is 0 Å². The number of hydrogen-bond donors (Lipinski definition) is 1. The molecule has 0 spiro atoms. The molecule has 1 amide bonds. The molecule has 4 rings (SSSR count). The third kappa shape index (κ3) is 4.21. The summed E-state index contributed by atoms with van der Waals surface area (Å²) in [5, 5.41) is 0.954. The van der Waals surface area contributed by atoms with E-state index in [2.05, 4.69) is 19.9 Å². The predicted octanol–water partition coefficient (Wildman–Crippen LogP) is 3.15. The van der Waals surface area contributed by atoms with Gasteiger partial charge in [0.2, 0.25) is 5.88 Å². The van der Waals surface area contributed by atoms with E-state index in [9.17, 15) is 4.79 Å². The van der Waals surface area contributed by atoms with Crippen LogP contribution in [0.2, 0.25) is 0 Å². The molecule has 8 nitrogen and oxygen atoms in total. The molecule has 0 bridgehead atoms. The van der Waals surface area contributed by atoms with E-state index >= 15 is 0 Å². The minimum atomic E-state index is -0.713. The van der Waals surface area contributed by atoms with Crippen molar-refractivity contribution in [2.75, 3.05) is 24.6 Å². The number of carbonyl (C=O) groups is 1. The van der Waals surface area contributed by atoms with E-state index in [1.807, 2.05) is 43.5 Å². The maximum absolute atomic E-state index is 10.9. The second-order valence-corrected chi connectivity index (χ2v) is 6.84. The van der Waals surface area contributed by atoms with Crippen molar-refractivity contribution in [3.8, 4) is 17.1 Å². The summed E-state index contributed by atoms with van der Waals surface area (Å²) >= 11 is 0. The van der Waals surface area contributed by atoms with E-state index in [1.165, 1.54) is 0 Å². The van der Waals surface area contributed by atoms with Crippen LogP contribution >= 0.6 is 0 Å².